The molecule has 118 valence electrons. The van der Waals surface area contributed by atoms with E-state index in [0.717, 1.165) is 39.2 Å². The van der Waals surface area contributed by atoms with E-state index in [-0.39, 0.29) is 5.91 Å². The zero-order valence-electron chi connectivity index (χ0n) is 13.9. The van der Waals surface area contributed by atoms with Gasteiger partial charge in [-0.3, -0.25) is 9.78 Å². The summed E-state index contributed by atoms with van der Waals surface area (Å²) in [6.45, 7) is 8.15. The number of nitrogens with zero attached hydrogens (tertiary/aromatic N) is 1. The zero-order valence-corrected chi connectivity index (χ0v) is 13.9. The third-order valence-electron chi connectivity index (χ3n) is 3.99. The number of furan rings is 1. The van der Waals surface area contributed by atoms with E-state index in [1.807, 2.05) is 58.0 Å². The molecule has 4 heteroatoms. The van der Waals surface area contributed by atoms with Crippen molar-refractivity contribution >= 4 is 16.8 Å². The lowest BCUT2D eigenvalue weighted by Gasteiger charge is -2.09. The minimum Gasteiger partial charge on any atom is -0.466 e. The standard InChI is InChI=1S/C19H20N2O2/c1-11-5-6-15-9-17(13(3)21-18(15)7-11)19(22)20-10-16-8-12(2)23-14(16)4/h5-9H,10H2,1-4H3,(H,20,22). The molecular weight excluding hydrogens is 288 g/mol. The molecule has 0 radical (unpaired) electrons. The molecule has 1 amide bonds. The largest absolute Gasteiger partial charge is 0.466 e. The lowest BCUT2D eigenvalue weighted by molar-refractivity contribution is 0.0950. The Hall–Kier alpha value is -2.62. The van der Waals surface area contributed by atoms with Crippen molar-refractivity contribution in [3.05, 3.63) is 64.2 Å². The minimum atomic E-state index is -0.115. The average Bonchev–Trinajstić information content (AvgIpc) is 2.82. The molecule has 3 aromatic rings. The van der Waals surface area contributed by atoms with Crippen LogP contribution in [0.4, 0.5) is 0 Å². The van der Waals surface area contributed by atoms with E-state index in [9.17, 15) is 4.79 Å². The summed E-state index contributed by atoms with van der Waals surface area (Å²) in [6, 6.07) is 9.90. The SMILES string of the molecule is Cc1ccc2cc(C(=O)NCc3cc(C)oc3C)c(C)nc2c1. The van der Waals surface area contributed by atoms with Gasteiger partial charge >= 0.3 is 0 Å². The summed E-state index contributed by atoms with van der Waals surface area (Å²) in [7, 11) is 0. The van der Waals surface area contributed by atoms with Crippen LogP contribution in [0.1, 0.15) is 38.7 Å². The second-order valence-corrected chi connectivity index (χ2v) is 5.94. The molecule has 0 saturated heterocycles. The fourth-order valence-electron chi connectivity index (χ4n) is 2.73. The Labute approximate surface area is 135 Å². The summed E-state index contributed by atoms with van der Waals surface area (Å²) < 4.78 is 5.48. The topological polar surface area (TPSA) is 55.1 Å². The number of pyridine rings is 1. The maximum Gasteiger partial charge on any atom is 0.253 e. The molecule has 0 aliphatic rings. The Morgan fingerprint density at radius 2 is 1.91 bits per heavy atom. The number of carbonyl (C=O) groups excluding carboxylic acids is 1. The molecule has 4 nitrogen and oxygen atoms in total. The Morgan fingerprint density at radius 3 is 2.61 bits per heavy atom. The number of amides is 1. The van der Waals surface area contributed by atoms with Gasteiger partial charge in [0, 0.05) is 17.5 Å². The fraction of sp³-hybridized carbons (Fsp3) is 0.263. The maximum absolute atomic E-state index is 12.5. The predicted molar refractivity (Wildman–Crippen MR) is 90.6 cm³/mol. The Bertz CT molecular complexity index is 894. The quantitative estimate of drug-likeness (QED) is 0.796. The lowest BCUT2D eigenvalue weighted by atomic mass is 10.1. The Balaban J connectivity index is 1.84. The highest BCUT2D eigenvalue weighted by Gasteiger charge is 2.13. The highest BCUT2D eigenvalue weighted by atomic mass is 16.3. The van der Waals surface area contributed by atoms with Gasteiger partial charge in [0.05, 0.1) is 16.8 Å². The summed E-state index contributed by atoms with van der Waals surface area (Å²) in [5.74, 6) is 1.58. The van der Waals surface area contributed by atoms with Gasteiger partial charge in [-0.15, -0.1) is 0 Å². The number of carbonyl (C=O) groups is 1. The molecule has 1 aromatic carbocycles. The smallest absolute Gasteiger partial charge is 0.253 e. The van der Waals surface area contributed by atoms with Gasteiger partial charge in [-0.1, -0.05) is 12.1 Å². The molecule has 0 fully saturated rings. The highest BCUT2D eigenvalue weighted by Crippen LogP contribution is 2.18. The number of hydrogen-bond donors (Lipinski definition) is 1. The van der Waals surface area contributed by atoms with Crippen LogP contribution in [0.5, 0.6) is 0 Å². The van der Waals surface area contributed by atoms with Gasteiger partial charge in [0.2, 0.25) is 0 Å². The van der Waals surface area contributed by atoms with E-state index in [1.165, 1.54) is 0 Å². The number of aryl methyl sites for hydroxylation is 4. The van der Waals surface area contributed by atoms with Crippen LogP contribution in [0, 0.1) is 27.7 Å². The molecule has 0 aliphatic carbocycles. The summed E-state index contributed by atoms with van der Waals surface area (Å²) in [5, 5.41) is 3.92. The second kappa shape index (κ2) is 5.88. The van der Waals surface area contributed by atoms with Crippen molar-refractivity contribution in [2.75, 3.05) is 0 Å². The van der Waals surface area contributed by atoms with Crippen LogP contribution in [-0.4, -0.2) is 10.9 Å². The molecule has 0 atom stereocenters. The molecule has 3 rings (SSSR count). The van der Waals surface area contributed by atoms with Gasteiger partial charge in [-0.05, 0) is 51.5 Å². The first-order chi connectivity index (χ1) is 10.9. The maximum atomic E-state index is 12.5. The first-order valence-electron chi connectivity index (χ1n) is 7.66. The second-order valence-electron chi connectivity index (χ2n) is 5.94. The normalized spacial score (nSPS) is 11.0. The Kier molecular flexibility index (Phi) is 3.90. The number of rotatable bonds is 3. The Morgan fingerprint density at radius 1 is 1.13 bits per heavy atom. The van der Waals surface area contributed by atoms with Crippen molar-refractivity contribution in [1.82, 2.24) is 10.3 Å². The third-order valence-corrected chi connectivity index (χ3v) is 3.99. The van der Waals surface area contributed by atoms with E-state index < -0.39 is 0 Å². The van der Waals surface area contributed by atoms with Crippen LogP contribution in [0.25, 0.3) is 10.9 Å². The third kappa shape index (κ3) is 3.11. The van der Waals surface area contributed by atoms with Gasteiger partial charge in [0.15, 0.2) is 0 Å². The summed E-state index contributed by atoms with van der Waals surface area (Å²) in [6.07, 6.45) is 0. The molecule has 0 saturated carbocycles. The van der Waals surface area contributed by atoms with Crippen LogP contribution in [-0.2, 0) is 6.54 Å². The van der Waals surface area contributed by atoms with Crippen LogP contribution >= 0.6 is 0 Å². The molecule has 0 unspecified atom stereocenters. The predicted octanol–water partition coefficient (Wildman–Crippen LogP) is 3.99. The zero-order chi connectivity index (χ0) is 16.6. The first kappa shape index (κ1) is 15.3. The van der Waals surface area contributed by atoms with E-state index in [0.29, 0.717) is 12.1 Å². The molecule has 0 spiro atoms. The van der Waals surface area contributed by atoms with Crippen molar-refractivity contribution in [3.63, 3.8) is 0 Å². The monoisotopic (exact) mass is 308 g/mol. The van der Waals surface area contributed by atoms with Crippen molar-refractivity contribution < 1.29 is 9.21 Å². The van der Waals surface area contributed by atoms with Crippen molar-refractivity contribution in [2.24, 2.45) is 0 Å². The number of hydrogen-bond acceptors (Lipinski definition) is 3. The van der Waals surface area contributed by atoms with Gasteiger partial charge in [-0.2, -0.15) is 0 Å². The van der Waals surface area contributed by atoms with Crippen LogP contribution < -0.4 is 5.32 Å². The fourth-order valence-corrected chi connectivity index (χ4v) is 2.73. The van der Waals surface area contributed by atoms with E-state index in [2.05, 4.69) is 10.3 Å². The van der Waals surface area contributed by atoms with E-state index in [4.69, 9.17) is 4.42 Å². The van der Waals surface area contributed by atoms with Crippen LogP contribution in [0.2, 0.25) is 0 Å². The van der Waals surface area contributed by atoms with Gasteiger partial charge in [0.1, 0.15) is 11.5 Å². The van der Waals surface area contributed by atoms with Crippen LogP contribution in [0.15, 0.2) is 34.7 Å². The van der Waals surface area contributed by atoms with Crippen molar-refractivity contribution in [1.29, 1.82) is 0 Å². The number of nitrogens with one attached hydrogen (secondary N) is 1. The molecule has 2 aromatic heterocycles. The summed E-state index contributed by atoms with van der Waals surface area (Å²) in [5.41, 5.74) is 4.42. The minimum absolute atomic E-state index is 0.115. The number of aromatic nitrogens is 1. The molecule has 0 aliphatic heterocycles. The summed E-state index contributed by atoms with van der Waals surface area (Å²) >= 11 is 0. The molecule has 0 bridgehead atoms. The van der Waals surface area contributed by atoms with E-state index >= 15 is 0 Å². The average molecular weight is 308 g/mol. The lowest BCUT2D eigenvalue weighted by Crippen LogP contribution is -2.24. The summed E-state index contributed by atoms with van der Waals surface area (Å²) in [4.78, 5) is 17.0. The molecule has 23 heavy (non-hydrogen) atoms. The number of fused-ring (bicyclic) bond motifs is 1. The van der Waals surface area contributed by atoms with Gasteiger partial charge in [0.25, 0.3) is 5.91 Å². The molecule has 1 N–H and O–H groups in total. The molecular formula is C19H20N2O2. The number of benzene rings is 1. The molecule has 2 heterocycles. The highest BCUT2D eigenvalue weighted by molar-refractivity contribution is 5.98. The van der Waals surface area contributed by atoms with Crippen molar-refractivity contribution in [2.45, 2.75) is 34.2 Å². The first-order valence-corrected chi connectivity index (χ1v) is 7.66. The van der Waals surface area contributed by atoms with Gasteiger partial charge < -0.3 is 9.73 Å². The van der Waals surface area contributed by atoms with Crippen LogP contribution in [0.3, 0.4) is 0 Å². The van der Waals surface area contributed by atoms with Gasteiger partial charge in [-0.25, -0.2) is 0 Å². The van der Waals surface area contributed by atoms with Crippen molar-refractivity contribution in [3.8, 4) is 0 Å². The van der Waals surface area contributed by atoms with E-state index in [1.54, 1.807) is 0 Å².